The van der Waals surface area contributed by atoms with Crippen LogP contribution in [0.25, 0.3) is 115 Å². The topological polar surface area (TPSA) is 18.1 Å². The largest absolute Gasteiger partial charge is 0.456 e. The maximum absolute atomic E-state index is 6.99. The van der Waals surface area contributed by atoms with E-state index >= 15 is 0 Å². The minimum absolute atomic E-state index is 0.867. The molecule has 0 aliphatic carbocycles. The second kappa shape index (κ2) is 12.0. The molecule has 2 aromatic heterocycles. The minimum Gasteiger partial charge on any atom is -0.456 e. The molecule has 2 heteroatoms. The number of para-hydroxylation sites is 2. The Morgan fingerprint density at radius 2 is 0.857 bits per heavy atom. The molecule has 0 saturated heterocycles. The fourth-order valence-corrected chi connectivity index (χ4v) is 9.38. The molecule has 10 aromatic carbocycles. The van der Waals surface area contributed by atoms with Crippen molar-refractivity contribution in [2.75, 3.05) is 0 Å². The van der Waals surface area contributed by atoms with E-state index in [4.69, 9.17) is 4.42 Å². The monoisotopic (exact) mass is 711 g/mol. The van der Waals surface area contributed by atoms with E-state index in [0.29, 0.717) is 0 Å². The highest BCUT2D eigenvalue weighted by Gasteiger charge is 2.23. The van der Waals surface area contributed by atoms with Crippen molar-refractivity contribution in [3.05, 3.63) is 200 Å². The highest BCUT2D eigenvalue weighted by Crippen LogP contribution is 2.49. The van der Waals surface area contributed by atoms with Crippen LogP contribution in [0.5, 0.6) is 0 Å². The number of nitrogens with zero attached hydrogens (tertiary/aromatic N) is 1. The van der Waals surface area contributed by atoms with Gasteiger partial charge in [-0.05, 0) is 96.0 Å². The molecule has 2 heterocycles. The van der Waals surface area contributed by atoms with E-state index < -0.39 is 0 Å². The van der Waals surface area contributed by atoms with Crippen LogP contribution in [0.4, 0.5) is 0 Å². The van der Waals surface area contributed by atoms with Crippen LogP contribution >= 0.6 is 0 Å². The average molecular weight is 712 g/mol. The zero-order valence-electron chi connectivity index (χ0n) is 30.4. The first-order chi connectivity index (χ1) is 27.8. The van der Waals surface area contributed by atoms with E-state index in [1.165, 1.54) is 76.4 Å². The predicted molar refractivity (Wildman–Crippen MR) is 237 cm³/mol. The Hall–Kier alpha value is -7.42. The summed E-state index contributed by atoms with van der Waals surface area (Å²) in [7, 11) is 0. The van der Waals surface area contributed by atoms with Crippen molar-refractivity contribution in [2.24, 2.45) is 0 Å². The molecule has 0 bridgehead atoms. The highest BCUT2D eigenvalue weighted by molar-refractivity contribution is 6.27. The summed E-state index contributed by atoms with van der Waals surface area (Å²) in [5.74, 6) is 0. The highest BCUT2D eigenvalue weighted by atomic mass is 16.3. The summed E-state index contributed by atoms with van der Waals surface area (Å²) < 4.78 is 9.40. The fraction of sp³-hybridized carbons (Fsp3) is 0. The Balaban J connectivity index is 1.24. The van der Waals surface area contributed by atoms with Crippen molar-refractivity contribution in [3.8, 4) is 39.1 Å². The van der Waals surface area contributed by atoms with E-state index in [9.17, 15) is 0 Å². The summed E-state index contributed by atoms with van der Waals surface area (Å²) in [5.41, 5.74) is 12.3. The van der Waals surface area contributed by atoms with Gasteiger partial charge in [0, 0.05) is 27.6 Å². The van der Waals surface area contributed by atoms with Crippen molar-refractivity contribution >= 4 is 76.1 Å². The van der Waals surface area contributed by atoms with Crippen LogP contribution in [0.3, 0.4) is 0 Å². The van der Waals surface area contributed by atoms with Crippen molar-refractivity contribution in [2.45, 2.75) is 0 Å². The van der Waals surface area contributed by atoms with Gasteiger partial charge in [0.2, 0.25) is 0 Å². The lowest BCUT2D eigenvalue weighted by Crippen LogP contribution is -1.96. The van der Waals surface area contributed by atoms with Gasteiger partial charge in [0.1, 0.15) is 11.2 Å². The van der Waals surface area contributed by atoms with Crippen molar-refractivity contribution < 1.29 is 4.42 Å². The lowest BCUT2D eigenvalue weighted by molar-refractivity contribution is 0.669. The first-order valence-corrected chi connectivity index (χ1v) is 19.3. The van der Waals surface area contributed by atoms with Crippen LogP contribution in [-0.2, 0) is 0 Å². The number of furan rings is 1. The Morgan fingerprint density at radius 1 is 0.321 bits per heavy atom. The third-order valence-electron chi connectivity index (χ3n) is 11.8. The first-order valence-electron chi connectivity index (χ1n) is 19.3. The number of hydrogen-bond donors (Lipinski definition) is 0. The van der Waals surface area contributed by atoms with E-state index in [1.54, 1.807) is 0 Å². The molecular weight excluding hydrogens is 679 g/mol. The molecular formula is C54H33NO. The molecule has 2 nitrogen and oxygen atoms in total. The van der Waals surface area contributed by atoms with E-state index in [0.717, 1.165) is 38.8 Å². The van der Waals surface area contributed by atoms with Crippen molar-refractivity contribution in [1.82, 2.24) is 4.57 Å². The molecule has 0 aliphatic rings. The quantitative estimate of drug-likeness (QED) is 0.166. The molecule has 0 amide bonds. The Bertz CT molecular complexity index is 3420. The number of aromatic nitrogens is 1. The maximum Gasteiger partial charge on any atom is 0.138 e. The van der Waals surface area contributed by atoms with Crippen LogP contribution in [0.1, 0.15) is 0 Å². The molecule has 0 fully saturated rings. The van der Waals surface area contributed by atoms with Gasteiger partial charge in [-0.2, -0.15) is 0 Å². The standard InChI is InChI=1S/C54H33NO/c1-2-15-34(16-3-1)36-29-30-46-50(31-36)56-51-33-37(55-48-27-12-10-20-39(48)40-21-11-13-28-49(40)55)32-47(54(46)51)53-44-24-8-6-22-42(44)52(43-23-7-9-25-45(43)53)41-26-14-18-35-17-4-5-19-38(35)41/h1-33H. The van der Waals surface area contributed by atoms with E-state index in [-0.39, 0.29) is 0 Å². The van der Waals surface area contributed by atoms with Crippen LogP contribution in [-0.4, -0.2) is 4.57 Å². The summed E-state index contributed by atoms with van der Waals surface area (Å²) >= 11 is 0. The molecule has 56 heavy (non-hydrogen) atoms. The molecule has 0 spiro atoms. The Labute approximate surface area is 323 Å². The van der Waals surface area contributed by atoms with Crippen LogP contribution < -0.4 is 0 Å². The molecule has 12 aromatic rings. The fourth-order valence-electron chi connectivity index (χ4n) is 9.38. The summed E-state index contributed by atoms with van der Waals surface area (Å²) in [5, 5.41) is 12.1. The lowest BCUT2D eigenvalue weighted by atomic mass is 9.83. The third kappa shape index (κ3) is 4.50. The molecule has 12 rings (SSSR count). The van der Waals surface area contributed by atoms with Gasteiger partial charge in [-0.3, -0.25) is 0 Å². The summed E-state index contributed by atoms with van der Waals surface area (Å²) in [4.78, 5) is 0. The molecule has 0 aliphatic heterocycles. The molecule has 0 atom stereocenters. The summed E-state index contributed by atoms with van der Waals surface area (Å²) in [6.45, 7) is 0. The first kappa shape index (κ1) is 31.0. The van der Waals surface area contributed by atoms with Crippen LogP contribution in [0.15, 0.2) is 205 Å². The van der Waals surface area contributed by atoms with Gasteiger partial charge >= 0.3 is 0 Å². The number of hydrogen-bond acceptors (Lipinski definition) is 1. The number of rotatable bonds is 4. The average Bonchev–Trinajstić information content (AvgIpc) is 3.81. The SMILES string of the molecule is c1ccc(-c2ccc3c(c2)oc2cc(-n4c5ccccc5c5ccccc54)cc(-c4c5ccccc5c(-c5cccc6ccccc56)c5ccccc45)c23)cc1. The Kier molecular flexibility index (Phi) is 6.66. The number of benzene rings is 10. The summed E-state index contributed by atoms with van der Waals surface area (Å²) in [6, 6.07) is 72.7. The lowest BCUT2D eigenvalue weighted by Gasteiger charge is -2.20. The maximum atomic E-state index is 6.99. The van der Waals surface area contributed by atoms with Gasteiger partial charge in [-0.1, -0.05) is 164 Å². The molecule has 0 N–H and O–H groups in total. The van der Waals surface area contributed by atoms with Crippen molar-refractivity contribution in [1.29, 1.82) is 0 Å². The Morgan fingerprint density at radius 3 is 1.52 bits per heavy atom. The van der Waals surface area contributed by atoms with Crippen LogP contribution in [0.2, 0.25) is 0 Å². The normalized spacial score (nSPS) is 11.9. The van der Waals surface area contributed by atoms with Gasteiger partial charge in [0.05, 0.1) is 16.7 Å². The van der Waals surface area contributed by atoms with Gasteiger partial charge < -0.3 is 8.98 Å². The minimum atomic E-state index is 0.867. The van der Waals surface area contributed by atoms with Gasteiger partial charge in [-0.25, -0.2) is 0 Å². The smallest absolute Gasteiger partial charge is 0.138 e. The predicted octanol–water partition coefficient (Wildman–Crippen LogP) is 15.1. The van der Waals surface area contributed by atoms with Gasteiger partial charge in [0.25, 0.3) is 0 Å². The van der Waals surface area contributed by atoms with Gasteiger partial charge in [0.15, 0.2) is 0 Å². The molecule has 260 valence electrons. The number of fused-ring (bicyclic) bond motifs is 9. The molecule has 0 saturated carbocycles. The van der Waals surface area contributed by atoms with Crippen molar-refractivity contribution in [3.63, 3.8) is 0 Å². The second-order valence-corrected chi connectivity index (χ2v) is 14.8. The zero-order chi connectivity index (χ0) is 36.7. The second-order valence-electron chi connectivity index (χ2n) is 14.8. The molecule has 0 radical (unpaired) electrons. The summed E-state index contributed by atoms with van der Waals surface area (Å²) in [6.07, 6.45) is 0. The van der Waals surface area contributed by atoms with E-state index in [2.05, 4.69) is 205 Å². The van der Waals surface area contributed by atoms with E-state index in [1.807, 2.05) is 0 Å². The van der Waals surface area contributed by atoms with Gasteiger partial charge in [-0.15, -0.1) is 0 Å². The zero-order valence-corrected chi connectivity index (χ0v) is 30.4. The molecule has 0 unspecified atom stereocenters. The van der Waals surface area contributed by atoms with Crippen LogP contribution in [0, 0.1) is 0 Å². The third-order valence-corrected chi connectivity index (χ3v) is 11.8.